The Bertz CT molecular complexity index is 1080. The lowest BCUT2D eigenvalue weighted by molar-refractivity contribution is -0.125. The van der Waals surface area contributed by atoms with Crippen LogP contribution in [0.3, 0.4) is 0 Å². The van der Waals surface area contributed by atoms with Crippen molar-refractivity contribution in [3.05, 3.63) is 95.3 Å². The Kier molecular flexibility index (Phi) is 5.85. The Hall–Kier alpha value is -3.47. The number of ether oxygens (including phenoxy) is 1. The van der Waals surface area contributed by atoms with Crippen LogP contribution in [0.4, 0.5) is 5.69 Å². The van der Waals surface area contributed by atoms with Gasteiger partial charge in [-0.15, -0.1) is 0 Å². The van der Waals surface area contributed by atoms with Crippen molar-refractivity contribution in [3.63, 3.8) is 0 Å². The molecule has 0 radical (unpaired) electrons. The van der Waals surface area contributed by atoms with E-state index >= 15 is 0 Å². The van der Waals surface area contributed by atoms with E-state index in [1.54, 1.807) is 18.3 Å². The van der Waals surface area contributed by atoms with E-state index in [2.05, 4.69) is 29.4 Å². The number of anilines is 1. The van der Waals surface area contributed by atoms with Crippen LogP contribution in [0.15, 0.2) is 72.9 Å². The standard InChI is InChI=1S/C26H26N2O3/c1-18(19-8-4-3-5-9-19)15-26(2,16-22-10-6-7-13-27-22)25(30)28-21-11-12-23-20(14-21)17-31-24(23)29/h3-14,18H,15-17H2,1-2H3,(H,28,30). The predicted molar refractivity (Wildman–Crippen MR) is 120 cm³/mol. The van der Waals surface area contributed by atoms with Gasteiger partial charge in [0.1, 0.15) is 6.61 Å². The fourth-order valence-electron chi connectivity index (χ4n) is 4.22. The quantitative estimate of drug-likeness (QED) is 0.544. The second-order valence-corrected chi connectivity index (χ2v) is 8.48. The molecule has 2 heterocycles. The van der Waals surface area contributed by atoms with Crippen LogP contribution in [-0.2, 0) is 22.6 Å². The summed E-state index contributed by atoms with van der Waals surface area (Å²) in [6.45, 7) is 4.39. The summed E-state index contributed by atoms with van der Waals surface area (Å²) in [5.41, 5.74) is 3.44. The minimum absolute atomic E-state index is 0.0638. The first-order valence-electron chi connectivity index (χ1n) is 10.5. The highest BCUT2D eigenvalue weighted by molar-refractivity contribution is 5.97. The number of aromatic nitrogens is 1. The van der Waals surface area contributed by atoms with E-state index < -0.39 is 5.41 Å². The lowest BCUT2D eigenvalue weighted by Crippen LogP contribution is -2.37. The highest BCUT2D eigenvalue weighted by Crippen LogP contribution is 2.36. The second-order valence-electron chi connectivity index (χ2n) is 8.48. The van der Waals surface area contributed by atoms with Gasteiger partial charge in [-0.25, -0.2) is 4.79 Å². The molecule has 5 nitrogen and oxygen atoms in total. The van der Waals surface area contributed by atoms with Crippen molar-refractivity contribution in [2.45, 2.75) is 39.2 Å². The first kappa shape index (κ1) is 20.8. The van der Waals surface area contributed by atoms with Crippen LogP contribution in [0.2, 0.25) is 0 Å². The van der Waals surface area contributed by atoms with E-state index in [0.717, 1.165) is 11.3 Å². The lowest BCUT2D eigenvalue weighted by atomic mass is 9.75. The van der Waals surface area contributed by atoms with E-state index in [1.165, 1.54) is 5.56 Å². The van der Waals surface area contributed by atoms with Crippen LogP contribution < -0.4 is 5.32 Å². The number of nitrogens with zero attached hydrogens (tertiary/aromatic N) is 1. The zero-order valence-electron chi connectivity index (χ0n) is 17.8. The van der Waals surface area contributed by atoms with Crippen LogP contribution in [0.5, 0.6) is 0 Å². The summed E-state index contributed by atoms with van der Waals surface area (Å²) in [6, 6.07) is 21.3. The number of esters is 1. The van der Waals surface area contributed by atoms with E-state index in [4.69, 9.17) is 4.74 Å². The highest BCUT2D eigenvalue weighted by atomic mass is 16.5. The molecule has 2 unspecified atom stereocenters. The van der Waals surface area contributed by atoms with Crippen molar-refractivity contribution in [2.24, 2.45) is 5.41 Å². The minimum atomic E-state index is -0.672. The maximum Gasteiger partial charge on any atom is 0.338 e. The summed E-state index contributed by atoms with van der Waals surface area (Å²) in [5, 5.41) is 3.07. The van der Waals surface area contributed by atoms with Gasteiger partial charge in [-0.2, -0.15) is 0 Å². The third kappa shape index (κ3) is 4.66. The average Bonchev–Trinajstić information content (AvgIpc) is 3.15. The van der Waals surface area contributed by atoms with Crippen LogP contribution >= 0.6 is 0 Å². The summed E-state index contributed by atoms with van der Waals surface area (Å²) < 4.78 is 5.07. The fraction of sp³-hybridized carbons (Fsp3) is 0.269. The van der Waals surface area contributed by atoms with Gasteiger partial charge in [0.2, 0.25) is 5.91 Å². The number of rotatable bonds is 7. The number of nitrogens with one attached hydrogen (secondary N) is 1. The third-order valence-electron chi connectivity index (χ3n) is 5.91. The Balaban J connectivity index is 1.58. The van der Waals surface area contributed by atoms with Gasteiger partial charge in [-0.1, -0.05) is 50.2 Å². The molecule has 5 heteroatoms. The van der Waals surface area contributed by atoms with Crippen LogP contribution in [0.25, 0.3) is 0 Å². The monoisotopic (exact) mass is 414 g/mol. The summed E-state index contributed by atoms with van der Waals surface area (Å²) in [4.78, 5) is 29.7. The molecule has 1 aromatic heterocycles. The van der Waals surface area contributed by atoms with Gasteiger partial charge in [-0.05, 0) is 48.2 Å². The first-order valence-corrected chi connectivity index (χ1v) is 10.5. The minimum Gasteiger partial charge on any atom is -0.457 e. The molecule has 31 heavy (non-hydrogen) atoms. The molecule has 1 amide bonds. The molecule has 2 atom stereocenters. The van der Waals surface area contributed by atoms with Gasteiger partial charge in [0, 0.05) is 29.6 Å². The third-order valence-corrected chi connectivity index (χ3v) is 5.91. The molecule has 158 valence electrons. The Morgan fingerprint density at radius 3 is 2.65 bits per heavy atom. The summed E-state index contributed by atoms with van der Waals surface area (Å²) in [6.07, 6.45) is 2.96. The van der Waals surface area contributed by atoms with Crippen molar-refractivity contribution in [1.29, 1.82) is 0 Å². The fourth-order valence-corrected chi connectivity index (χ4v) is 4.22. The van der Waals surface area contributed by atoms with Crippen LogP contribution in [0.1, 0.15) is 53.4 Å². The number of pyridine rings is 1. The van der Waals surface area contributed by atoms with Crippen LogP contribution in [0, 0.1) is 5.41 Å². The van der Waals surface area contributed by atoms with E-state index in [-0.39, 0.29) is 24.4 Å². The molecular formula is C26H26N2O3. The van der Waals surface area contributed by atoms with Gasteiger partial charge in [-0.3, -0.25) is 9.78 Å². The van der Waals surface area contributed by atoms with Crippen LogP contribution in [-0.4, -0.2) is 16.9 Å². The lowest BCUT2D eigenvalue weighted by Gasteiger charge is -2.31. The number of carbonyl (C=O) groups excluding carboxylic acids is 2. The Morgan fingerprint density at radius 1 is 1.13 bits per heavy atom. The molecular weight excluding hydrogens is 388 g/mol. The van der Waals surface area contributed by atoms with E-state index in [1.807, 2.05) is 49.4 Å². The largest absolute Gasteiger partial charge is 0.457 e. The number of amides is 1. The smallest absolute Gasteiger partial charge is 0.338 e. The molecule has 0 aliphatic carbocycles. The summed E-state index contributed by atoms with van der Waals surface area (Å²) >= 11 is 0. The predicted octanol–water partition coefficient (Wildman–Crippen LogP) is 5.13. The van der Waals surface area contributed by atoms with E-state index in [9.17, 15) is 9.59 Å². The molecule has 0 saturated heterocycles. The van der Waals surface area contributed by atoms with Crippen molar-refractivity contribution in [2.75, 3.05) is 5.32 Å². The molecule has 1 aliphatic rings. The summed E-state index contributed by atoms with van der Waals surface area (Å²) in [7, 11) is 0. The average molecular weight is 415 g/mol. The molecule has 2 aromatic carbocycles. The molecule has 1 aliphatic heterocycles. The van der Waals surface area contributed by atoms with Gasteiger partial charge < -0.3 is 10.1 Å². The molecule has 0 bridgehead atoms. The zero-order chi connectivity index (χ0) is 21.8. The van der Waals surface area contributed by atoms with Gasteiger partial charge >= 0.3 is 5.97 Å². The number of cyclic esters (lactones) is 1. The van der Waals surface area contributed by atoms with Crippen molar-refractivity contribution >= 4 is 17.6 Å². The van der Waals surface area contributed by atoms with Gasteiger partial charge in [0.25, 0.3) is 0 Å². The van der Waals surface area contributed by atoms with Crippen molar-refractivity contribution in [1.82, 2.24) is 4.98 Å². The molecule has 1 N–H and O–H groups in total. The SMILES string of the molecule is CC(CC(C)(Cc1ccccn1)C(=O)Nc1ccc2c(c1)COC2=O)c1ccccc1. The number of benzene rings is 2. The number of fused-ring (bicyclic) bond motifs is 1. The van der Waals surface area contributed by atoms with Crippen molar-refractivity contribution < 1.29 is 14.3 Å². The Morgan fingerprint density at radius 2 is 1.90 bits per heavy atom. The molecule has 0 saturated carbocycles. The molecule has 4 rings (SSSR count). The second kappa shape index (κ2) is 8.72. The first-order chi connectivity index (χ1) is 14.9. The molecule has 0 spiro atoms. The molecule has 0 fully saturated rings. The van der Waals surface area contributed by atoms with E-state index in [0.29, 0.717) is 24.1 Å². The summed E-state index contributed by atoms with van der Waals surface area (Å²) in [5.74, 6) is -0.178. The van der Waals surface area contributed by atoms with Crippen molar-refractivity contribution in [3.8, 4) is 0 Å². The topological polar surface area (TPSA) is 68.3 Å². The number of hydrogen-bond acceptors (Lipinski definition) is 4. The zero-order valence-corrected chi connectivity index (χ0v) is 17.8. The van der Waals surface area contributed by atoms with Gasteiger partial charge in [0.15, 0.2) is 0 Å². The molecule has 3 aromatic rings. The maximum absolute atomic E-state index is 13.5. The highest BCUT2D eigenvalue weighted by Gasteiger charge is 2.36. The maximum atomic E-state index is 13.5. The number of carbonyl (C=O) groups is 2. The Labute approximate surface area is 182 Å². The normalized spacial score (nSPS) is 15.5. The van der Waals surface area contributed by atoms with Gasteiger partial charge in [0.05, 0.1) is 11.0 Å². The number of hydrogen-bond donors (Lipinski definition) is 1.